The minimum Gasteiger partial charge on any atom is -0.433 e. The Morgan fingerprint density at radius 1 is 1.16 bits per heavy atom. The highest BCUT2D eigenvalue weighted by molar-refractivity contribution is 7.89. The molecule has 0 atom stereocenters. The first-order valence-corrected chi connectivity index (χ1v) is 10.9. The Balaban J connectivity index is 1.88. The Bertz CT molecular complexity index is 1050. The number of carbonyl (C=O) groups excluding carboxylic acids is 2. The summed E-state index contributed by atoms with van der Waals surface area (Å²) in [7, 11) is -2.36. The van der Waals surface area contributed by atoms with Gasteiger partial charge < -0.3 is 10.1 Å². The van der Waals surface area contributed by atoms with Gasteiger partial charge in [-0.25, -0.2) is 12.7 Å². The van der Waals surface area contributed by atoms with Crippen molar-refractivity contribution >= 4 is 39.0 Å². The van der Waals surface area contributed by atoms with E-state index in [2.05, 4.69) is 10.1 Å². The van der Waals surface area contributed by atoms with Crippen molar-refractivity contribution in [3.8, 4) is 5.75 Å². The van der Waals surface area contributed by atoms with Crippen LogP contribution in [0.1, 0.15) is 30.1 Å². The lowest BCUT2D eigenvalue weighted by Gasteiger charge is -2.17. The highest BCUT2D eigenvalue weighted by Crippen LogP contribution is 2.29. The van der Waals surface area contributed by atoms with Gasteiger partial charge in [0.1, 0.15) is 5.75 Å². The largest absolute Gasteiger partial charge is 0.433 e. The van der Waals surface area contributed by atoms with Crippen LogP contribution in [0.3, 0.4) is 0 Å². The predicted octanol–water partition coefficient (Wildman–Crippen LogP) is 4.18. The van der Waals surface area contributed by atoms with Crippen LogP contribution in [-0.4, -0.2) is 44.6 Å². The van der Waals surface area contributed by atoms with E-state index in [4.69, 9.17) is 11.6 Å². The molecule has 168 valence electrons. The molecule has 0 aliphatic carbocycles. The van der Waals surface area contributed by atoms with E-state index in [-0.39, 0.29) is 40.8 Å². The maximum Gasteiger partial charge on any atom is 0.387 e. The number of halogens is 3. The van der Waals surface area contributed by atoms with Crippen LogP contribution in [-0.2, 0) is 14.8 Å². The molecule has 0 radical (unpaired) electrons. The molecule has 0 spiro atoms. The van der Waals surface area contributed by atoms with Crippen molar-refractivity contribution in [2.75, 3.05) is 18.9 Å². The van der Waals surface area contributed by atoms with E-state index in [0.717, 1.165) is 4.31 Å². The molecule has 0 aliphatic heterocycles. The number of carbonyl (C=O) groups is 2. The number of ether oxygens (including phenoxy) is 1. The fraction of sp³-hybridized carbons (Fsp3) is 0.300. The van der Waals surface area contributed by atoms with E-state index < -0.39 is 22.5 Å². The Morgan fingerprint density at radius 3 is 2.35 bits per heavy atom. The van der Waals surface area contributed by atoms with Crippen LogP contribution < -0.4 is 10.1 Å². The van der Waals surface area contributed by atoms with Gasteiger partial charge in [-0.1, -0.05) is 23.7 Å². The van der Waals surface area contributed by atoms with E-state index in [9.17, 15) is 26.8 Å². The predicted molar refractivity (Wildman–Crippen MR) is 112 cm³/mol. The summed E-state index contributed by atoms with van der Waals surface area (Å²) in [4.78, 5) is 23.4. The summed E-state index contributed by atoms with van der Waals surface area (Å²) in [6.45, 7) is -1.54. The first kappa shape index (κ1) is 24.7. The minimum atomic E-state index is -3.76. The number of sulfonamides is 1. The Hall–Kier alpha value is -2.56. The standard InChI is InChI=1S/C20H21ClF2N2O5S/c1-13(26)14-5-8-16(9-6-14)31(28,29)25(2)11-3-4-19(27)24-15-7-10-18(17(21)12-15)30-20(22)23/h5-10,12,20H,3-4,11H2,1-2H3,(H,24,27). The van der Waals surface area contributed by atoms with Gasteiger partial charge in [0, 0.05) is 31.3 Å². The molecule has 7 nitrogen and oxygen atoms in total. The quantitative estimate of drug-likeness (QED) is 0.521. The third-order valence-corrected chi connectivity index (χ3v) is 6.44. The van der Waals surface area contributed by atoms with Gasteiger partial charge in [0.05, 0.1) is 9.92 Å². The average molecular weight is 475 g/mol. The van der Waals surface area contributed by atoms with Gasteiger partial charge in [0.15, 0.2) is 5.78 Å². The first-order chi connectivity index (χ1) is 14.5. The molecule has 0 aliphatic rings. The van der Waals surface area contributed by atoms with Crippen LogP contribution in [0.4, 0.5) is 14.5 Å². The molecule has 2 aromatic rings. The SMILES string of the molecule is CC(=O)c1ccc(S(=O)(=O)N(C)CCCC(=O)Nc2ccc(OC(F)F)c(Cl)c2)cc1. The summed E-state index contributed by atoms with van der Waals surface area (Å²) < 4.78 is 55.0. The van der Waals surface area contributed by atoms with E-state index in [1.165, 1.54) is 56.4 Å². The third kappa shape index (κ3) is 6.98. The molecule has 0 unspecified atom stereocenters. The molecule has 0 aromatic heterocycles. The van der Waals surface area contributed by atoms with Crippen molar-refractivity contribution < 1.29 is 31.5 Å². The Labute approximate surface area is 184 Å². The lowest BCUT2D eigenvalue weighted by Crippen LogP contribution is -2.28. The van der Waals surface area contributed by atoms with E-state index in [1.807, 2.05) is 0 Å². The fourth-order valence-corrected chi connectivity index (χ4v) is 4.05. The van der Waals surface area contributed by atoms with Gasteiger partial charge in [-0.2, -0.15) is 8.78 Å². The van der Waals surface area contributed by atoms with Crippen molar-refractivity contribution in [1.29, 1.82) is 0 Å². The molecular weight excluding hydrogens is 454 g/mol. The topological polar surface area (TPSA) is 92.8 Å². The van der Waals surface area contributed by atoms with Crippen molar-refractivity contribution in [1.82, 2.24) is 4.31 Å². The van der Waals surface area contributed by atoms with E-state index in [0.29, 0.717) is 11.3 Å². The van der Waals surface area contributed by atoms with Crippen molar-refractivity contribution in [3.05, 3.63) is 53.1 Å². The van der Waals surface area contributed by atoms with Crippen LogP contribution in [0.25, 0.3) is 0 Å². The molecule has 2 aromatic carbocycles. The number of nitrogens with zero attached hydrogens (tertiary/aromatic N) is 1. The smallest absolute Gasteiger partial charge is 0.387 e. The number of rotatable bonds is 10. The number of hydrogen-bond acceptors (Lipinski definition) is 5. The second kappa shape index (κ2) is 10.7. The lowest BCUT2D eigenvalue weighted by atomic mass is 10.2. The highest BCUT2D eigenvalue weighted by atomic mass is 35.5. The maximum absolute atomic E-state index is 12.6. The summed E-state index contributed by atoms with van der Waals surface area (Å²) in [5.41, 5.74) is 0.704. The molecule has 11 heteroatoms. The van der Waals surface area contributed by atoms with Gasteiger partial charge in [-0.05, 0) is 43.7 Å². The number of hydrogen-bond donors (Lipinski definition) is 1. The van der Waals surface area contributed by atoms with Crippen LogP contribution in [0.5, 0.6) is 5.75 Å². The molecule has 31 heavy (non-hydrogen) atoms. The number of alkyl halides is 2. The second-order valence-corrected chi connectivity index (χ2v) is 9.03. The van der Waals surface area contributed by atoms with Gasteiger partial charge in [0.2, 0.25) is 15.9 Å². The molecule has 0 fully saturated rings. The number of benzene rings is 2. The average Bonchev–Trinajstić information content (AvgIpc) is 2.69. The molecule has 1 amide bonds. The summed E-state index contributed by atoms with van der Waals surface area (Å²) >= 11 is 5.84. The van der Waals surface area contributed by atoms with Crippen molar-refractivity contribution in [2.45, 2.75) is 31.3 Å². The molecule has 0 bridgehead atoms. The van der Waals surface area contributed by atoms with Gasteiger partial charge in [-0.3, -0.25) is 9.59 Å². The minimum absolute atomic E-state index is 0.0238. The van der Waals surface area contributed by atoms with E-state index >= 15 is 0 Å². The molecule has 1 N–H and O–H groups in total. The number of nitrogens with one attached hydrogen (secondary N) is 1. The molecule has 2 rings (SSSR count). The second-order valence-electron chi connectivity index (χ2n) is 6.58. The number of ketones is 1. The summed E-state index contributed by atoms with van der Waals surface area (Å²) in [6, 6.07) is 9.46. The zero-order chi connectivity index (χ0) is 23.2. The van der Waals surface area contributed by atoms with Gasteiger partial charge in [0.25, 0.3) is 0 Å². The molecule has 0 heterocycles. The van der Waals surface area contributed by atoms with Gasteiger partial charge in [-0.15, -0.1) is 0 Å². The molecule has 0 saturated heterocycles. The Morgan fingerprint density at radius 2 is 1.81 bits per heavy atom. The van der Waals surface area contributed by atoms with Crippen molar-refractivity contribution in [2.24, 2.45) is 0 Å². The number of amides is 1. The zero-order valence-electron chi connectivity index (χ0n) is 16.8. The molecule has 0 saturated carbocycles. The third-order valence-electron chi connectivity index (χ3n) is 4.28. The number of anilines is 1. The lowest BCUT2D eigenvalue weighted by molar-refractivity contribution is -0.116. The summed E-state index contributed by atoms with van der Waals surface area (Å²) in [5, 5.41) is 2.47. The molecular formula is C20H21ClF2N2O5S. The Kier molecular flexibility index (Phi) is 8.49. The summed E-state index contributed by atoms with van der Waals surface area (Å²) in [6.07, 6.45) is 0.267. The zero-order valence-corrected chi connectivity index (χ0v) is 18.3. The first-order valence-electron chi connectivity index (χ1n) is 9.12. The van der Waals surface area contributed by atoms with Gasteiger partial charge >= 0.3 is 6.61 Å². The fourth-order valence-electron chi connectivity index (χ4n) is 2.62. The highest BCUT2D eigenvalue weighted by Gasteiger charge is 2.21. The van der Waals surface area contributed by atoms with Crippen molar-refractivity contribution in [3.63, 3.8) is 0 Å². The van der Waals surface area contributed by atoms with Crippen LogP contribution in [0.15, 0.2) is 47.4 Å². The van der Waals surface area contributed by atoms with Crippen LogP contribution in [0, 0.1) is 0 Å². The normalized spacial score (nSPS) is 11.6. The summed E-state index contributed by atoms with van der Waals surface area (Å²) in [5.74, 6) is -0.770. The van der Waals surface area contributed by atoms with Crippen LogP contribution in [0.2, 0.25) is 5.02 Å². The maximum atomic E-state index is 12.6. The van der Waals surface area contributed by atoms with E-state index in [1.54, 1.807) is 0 Å². The van der Waals surface area contributed by atoms with Crippen LogP contribution >= 0.6 is 11.6 Å². The number of Topliss-reactive ketones (excluding diaryl/α,β-unsaturated/α-hetero) is 1. The monoisotopic (exact) mass is 474 g/mol.